The topological polar surface area (TPSA) is 76.7 Å². The average Bonchev–Trinajstić information content (AvgIpc) is 2.55. The lowest BCUT2D eigenvalue weighted by Crippen LogP contribution is -2.19. The summed E-state index contributed by atoms with van der Waals surface area (Å²) in [6.45, 7) is 2.69. The van der Waals surface area contributed by atoms with E-state index in [9.17, 15) is 4.79 Å². The Bertz CT molecular complexity index is 750. The molecule has 0 aliphatic carbocycles. The van der Waals surface area contributed by atoms with Crippen LogP contribution in [0.5, 0.6) is 5.75 Å². The maximum absolute atomic E-state index is 12.4. The van der Waals surface area contributed by atoms with Gasteiger partial charge in [0.05, 0.1) is 12.8 Å². The molecule has 0 unspecified atom stereocenters. The van der Waals surface area contributed by atoms with Crippen molar-refractivity contribution < 1.29 is 9.47 Å². The second-order valence-electron chi connectivity index (χ2n) is 4.63. The minimum Gasteiger partial charge on any atom is -0.484 e. The highest BCUT2D eigenvalue weighted by Gasteiger charge is 2.07. The highest BCUT2D eigenvalue weighted by atomic mass is 16.5. The van der Waals surface area contributed by atoms with E-state index in [0.29, 0.717) is 18.9 Å². The molecule has 0 amide bonds. The van der Waals surface area contributed by atoms with E-state index < -0.39 is 0 Å². The molecule has 0 spiro atoms. The molecule has 0 aliphatic heterocycles. The van der Waals surface area contributed by atoms with Crippen LogP contribution in [-0.2, 0) is 4.74 Å². The van der Waals surface area contributed by atoms with Crippen molar-refractivity contribution in [3.8, 4) is 5.75 Å². The zero-order chi connectivity index (χ0) is 15.9. The van der Waals surface area contributed by atoms with Gasteiger partial charge < -0.3 is 14.9 Å². The number of fused-ring (bicyclic) bond motifs is 1. The summed E-state index contributed by atoms with van der Waals surface area (Å²) in [6, 6.07) is 3.60. The van der Waals surface area contributed by atoms with Gasteiger partial charge in [-0.2, -0.15) is 0 Å². The zero-order valence-electron chi connectivity index (χ0n) is 12.7. The molecule has 0 radical (unpaired) electrons. The fourth-order valence-electron chi connectivity index (χ4n) is 2.04. The summed E-state index contributed by atoms with van der Waals surface area (Å²) in [5, 5.41) is 7.48. The fraction of sp³-hybridized carbons (Fsp3) is 0.312. The lowest BCUT2D eigenvalue weighted by molar-refractivity contribution is 0.145. The molecule has 0 aromatic carbocycles. The molecule has 2 aromatic rings. The van der Waals surface area contributed by atoms with Gasteiger partial charge in [0.15, 0.2) is 0 Å². The summed E-state index contributed by atoms with van der Waals surface area (Å²) >= 11 is 0. The Labute approximate surface area is 128 Å². The minimum atomic E-state index is -0.274. The molecule has 22 heavy (non-hydrogen) atoms. The molecule has 2 aromatic heterocycles. The van der Waals surface area contributed by atoms with Gasteiger partial charge in [-0.05, 0) is 29.7 Å². The van der Waals surface area contributed by atoms with Crippen molar-refractivity contribution in [3.63, 3.8) is 0 Å². The van der Waals surface area contributed by atoms with Gasteiger partial charge in [0, 0.05) is 19.5 Å². The first-order chi connectivity index (χ1) is 10.7. The number of rotatable bonds is 7. The molecule has 0 saturated carbocycles. The van der Waals surface area contributed by atoms with Crippen LogP contribution in [0, 0.1) is 5.41 Å². The van der Waals surface area contributed by atoms with Crippen molar-refractivity contribution in [2.45, 2.75) is 13.3 Å². The Morgan fingerprint density at radius 3 is 2.91 bits per heavy atom. The van der Waals surface area contributed by atoms with Gasteiger partial charge in [0.25, 0.3) is 5.56 Å². The zero-order valence-corrected chi connectivity index (χ0v) is 12.7. The Balaban J connectivity index is 2.46. The van der Waals surface area contributed by atoms with Crippen molar-refractivity contribution in [2.75, 3.05) is 20.3 Å². The van der Waals surface area contributed by atoms with Gasteiger partial charge in [-0.1, -0.05) is 13.0 Å². The largest absolute Gasteiger partial charge is 0.484 e. The number of pyridine rings is 1. The van der Waals surface area contributed by atoms with Crippen LogP contribution in [-0.4, -0.2) is 35.9 Å². The molecular weight excluding hydrogens is 282 g/mol. The summed E-state index contributed by atoms with van der Waals surface area (Å²) in [6.07, 6.45) is 7.14. The number of methoxy groups -OCH3 is 1. The number of nitrogens with zero attached hydrogens (tertiary/aromatic N) is 2. The predicted octanol–water partition coefficient (Wildman–Crippen LogP) is 2.16. The van der Waals surface area contributed by atoms with E-state index in [-0.39, 0.29) is 11.3 Å². The molecule has 1 N–H and O–H groups in total. The van der Waals surface area contributed by atoms with Crippen molar-refractivity contribution in [2.24, 2.45) is 0 Å². The van der Waals surface area contributed by atoms with Gasteiger partial charge in [0.1, 0.15) is 12.3 Å². The van der Waals surface area contributed by atoms with E-state index in [0.717, 1.165) is 17.6 Å². The first kappa shape index (κ1) is 15.9. The molecule has 0 fully saturated rings. The van der Waals surface area contributed by atoms with E-state index >= 15 is 0 Å². The molecule has 0 atom stereocenters. The van der Waals surface area contributed by atoms with E-state index in [2.05, 4.69) is 4.98 Å². The van der Waals surface area contributed by atoms with E-state index in [1.165, 1.54) is 16.8 Å². The number of ether oxygens (including phenoxy) is 2. The highest BCUT2D eigenvalue weighted by molar-refractivity contribution is 6.08. The summed E-state index contributed by atoms with van der Waals surface area (Å²) in [5.74, 6) is 0.183. The third-order valence-electron chi connectivity index (χ3n) is 3.13. The van der Waals surface area contributed by atoms with Gasteiger partial charge in [-0.3, -0.25) is 9.20 Å². The summed E-state index contributed by atoms with van der Waals surface area (Å²) in [5.41, 5.74) is 1.82. The molecule has 0 aliphatic rings. The van der Waals surface area contributed by atoms with Crippen LogP contribution in [0.2, 0.25) is 0 Å². The van der Waals surface area contributed by atoms with E-state index in [1.54, 1.807) is 19.4 Å². The highest BCUT2D eigenvalue weighted by Crippen LogP contribution is 2.14. The molecule has 2 heterocycles. The van der Waals surface area contributed by atoms with Crippen LogP contribution >= 0.6 is 0 Å². The summed E-state index contributed by atoms with van der Waals surface area (Å²) in [7, 11) is 1.57. The third kappa shape index (κ3) is 3.40. The molecule has 0 bridgehead atoms. The smallest absolute Gasteiger partial charge is 0.300 e. The Hall–Kier alpha value is -2.47. The molecule has 0 saturated heterocycles. The van der Waals surface area contributed by atoms with Gasteiger partial charge in [0.2, 0.25) is 5.75 Å². The number of nitrogens with one attached hydrogen (secondary N) is 1. The van der Waals surface area contributed by atoms with Crippen molar-refractivity contribution in [1.29, 1.82) is 5.41 Å². The second kappa shape index (κ2) is 7.51. The SMILES string of the molecule is CC/C=C(\C=N)c1ccc2ncc(OCCOC)c(=O)n2c1. The Morgan fingerprint density at radius 2 is 2.23 bits per heavy atom. The third-order valence-corrected chi connectivity index (χ3v) is 3.13. The van der Waals surface area contributed by atoms with E-state index in [4.69, 9.17) is 14.9 Å². The van der Waals surface area contributed by atoms with Crippen LogP contribution in [0.15, 0.2) is 35.4 Å². The average molecular weight is 301 g/mol. The molecule has 116 valence electrons. The minimum absolute atomic E-state index is 0.183. The number of hydrogen-bond acceptors (Lipinski definition) is 5. The monoisotopic (exact) mass is 301 g/mol. The van der Waals surface area contributed by atoms with Gasteiger partial charge >= 0.3 is 0 Å². The lowest BCUT2D eigenvalue weighted by atomic mass is 10.1. The maximum atomic E-state index is 12.4. The number of hydrogen-bond donors (Lipinski definition) is 1. The quantitative estimate of drug-likeness (QED) is 0.628. The standard InChI is InChI=1S/C16H19N3O3/c1-3-4-12(9-17)13-5-6-15-18-10-14(22-8-7-21-2)16(20)19(15)11-13/h4-6,9-11,17H,3,7-8H2,1-2H3/b12-4+,17-9?. The van der Waals surface area contributed by atoms with Crippen molar-refractivity contribution in [1.82, 2.24) is 9.38 Å². The van der Waals surface area contributed by atoms with Crippen LogP contribution in [0.3, 0.4) is 0 Å². The summed E-state index contributed by atoms with van der Waals surface area (Å²) < 4.78 is 11.7. The lowest BCUT2D eigenvalue weighted by Gasteiger charge is -2.08. The number of allylic oxidation sites excluding steroid dienone is 2. The molecule has 2 rings (SSSR count). The first-order valence-electron chi connectivity index (χ1n) is 7.05. The molecule has 6 heteroatoms. The van der Waals surface area contributed by atoms with Gasteiger partial charge in [-0.25, -0.2) is 4.98 Å². The number of aromatic nitrogens is 2. The first-order valence-corrected chi connectivity index (χ1v) is 7.05. The van der Waals surface area contributed by atoms with E-state index in [1.807, 2.05) is 19.1 Å². The van der Waals surface area contributed by atoms with Crippen molar-refractivity contribution >= 4 is 17.4 Å². The van der Waals surface area contributed by atoms with Crippen LogP contribution in [0.1, 0.15) is 18.9 Å². The maximum Gasteiger partial charge on any atom is 0.300 e. The predicted molar refractivity (Wildman–Crippen MR) is 85.9 cm³/mol. The second-order valence-corrected chi connectivity index (χ2v) is 4.63. The van der Waals surface area contributed by atoms with Crippen LogP contribution in [0.4, 0.5) is 0 Å². The molecular formula is C16H19N3O3. The Morgan fingerprint density at radius 1 is 1.41 bits per heavy atom. The van der Waals surface area contributed by atoms with Gasteiger partial charge in [-0.15, -0.1) is 0 Å². The van der Waals surface area contributed by atoms with Crippen LogP contribution < -0.4 is 10.3 Å². The summed E-state index contributed by atoms with van der Waals surface area (Å²) in [4.78, 5) is 16.6. The Kier molecular flexibility index (Phi) is 5.43. The van der Waals surface area contributed by atoms with Crippen LogP contribution in [0.25, 0.3) is 11.2 Å². The fourth-order valence-corrected chi connectivity index (χ4v) is 2.04. The normalized spacial score (nSPS) is 11.6. The molecule has 6 nitrogen and oxygen atoms in total. The van der Waals surface area contributed by atoms with Crippen molar-refractivity contribution in [3.05, 3.63) is 46.5 Å².